The second-order valence-corrected chi connectivity index (χ2v) is 8.77. The molecule has 1 aliphatic rings. The summed E-state index contributed by atoms with van der Waals surface area (Å²) in [6.45, 7) is 7.96. The fourth-order valence-electron chi connectivity index (χ4n) is 3.82. The molecule has 3 aromatic rings. The van der Waals surface area contributed by atoms with Crippen LogP contribution in [0.5, 0.6) is 5.75 Å². The van der Waals surface area contributed by atoms with Crippen LogP contribution in [0.15, 0.2) is 60.8 Å². The fourth-order valence-corrected chi connectivity index (χ4v) is 3.82. The van der Waals surface area contributed by atoms with Crippen LogP contribution in [0, 0.1) is 0 Å². The summed E-state index contributed by atoms with van der Waals surface area (Å²) in [5, 5.41) is 1.08. The van der Waals surface area contributed by atoms with Crippen LogP contribution in [0.4, 0.5) is 0 Å². The summed E-state index contributed by atoms with van der Waals surface area (Å²) in [6, 6.07) is 18.0. The zero-order chi connectivity index (χ0) is 20.4. The molecule has 0 bridgehead atoms. The molecule has 2 heterocycles. The van der Waals surface area contributed by atoms with E-state index in [1.54, 1.807) is 6.20 Å². The predicted octanol–water partition coefficient (Wildman–Crippen LogP) is 5.22. The van der Waals surface area contributed by atoms with Crippen molar-refractivity contribution in [1.82, 2.24) is 9.88 Å². The zero-order valence-electron chi connectivity index (χ0n) is 17.4. The summed E-state index contributed by atoms with van der Waals surface area (Å²) < 4.78 is 6.26. The van der Waals surface area contributed by atoms with Crippen molar-refractivity contribution in [1.29, 1.82) is 0 Å². The summed E-state index contributed by atoms with van der Waals surface area (Å²) in [5.74, 6) is 0.932. The summed E-state index contributed by atoms with van der Waals surface area (Å²) in [6.07, 6.45) is 3.56. The van der Waals surface area contributed by atoms with Crippen molar-refractivity contribution in [2.75, 3.05) is 13.1 Å². The third kappa shape index (κ3) is 4.26. The maximum Gasteiger partial charge on any atom is 0.253 e. The fraction of sp³-hybridized carbons (Fsp3) is 0.360. The Morgan fingerprint density at radius 2 is 1.69 bits per heavy atom. The van der Waals surface area contributed by atoms with Crippen LogP contribution in [-0.2, 0) is 5.41 Å². The SMILES string of the molecule is CC(C)(C)c1ccc(C(=O)N2CCC(Oc3cccc4cccnc34)CC2)cc1. The van der Waals surface area contributed by atoms with Crippen LogP contribution in [-0.4, -0.2) is 35.0 Å². The molecule has 150 valence electrons. The third-order valence-corrected chi connectivity index (χ3v) is 5.62. The molecule has 1 saturated heterocycles. The van der Waals surface area contributed by atoms with Crippen LogP contribution in [0.25, 0.3) is 10.9 Å². The van der Waals surface area contributed by atoms with E-state index in [2.05, 4.69) is 37.9 Å². The van der Waals surface area contributed by atoms with Gasteiger partial charge in [0.2, 0.25) is 0 Å². The summed E-state index contributed by atoms with van der Waals surface area (Å²) >= 11 is 0. The molecule has 4 nitrogen and oxygen atoms in total. The van der Waals surface area contributed by atoms with Gasteiger partial charge in [-0.3, -0.25) is 9.78 Å². The van der Waals surface area contributed by atoms with Gasteiger partial charge >= 0.3 is 0 Å². The van der Waals surface area contributed by atoms with Crippen molar-refractivity contribution in [3.63, 3.8) is 0 Å². The molecule has 0 N–H and O–H groups in total. The summed E-state index contributed by atoms with van der Waals surface area (Å²) in [7, 11) is 0. The topological polar surface area (TPSA) is 42.4 Å². The van der Waals surface area contributed by atoms with Gasteiger partial charge in [0.25, 0.3) is 5.91 Å². The number of nitrogens with zero attached hydrogens (tertiary/aromatic N) is 2. The molecular weight excluding hydrogens is 360 g/mol. The van der Waals surface area contributed by atoms with Gasteiger partial charge in [0, 0.05) is 43.1 Å². The Balaban J connectivity index is 1.38. The van der Waals surface area contributed by atoms with E-state index in [-0.39, 0.29) is 17.4 Å². The molecule has 1 aliphatic heterocycles. The number of carbonyl (C=O) groups is 1. The van der Waals surface area contributed by atoms with Crippen molar-refractivity contribution in [2.45, 2.75) is 45.1 Å². The maximum atomic E-state index is 12.9. The number of rotatable bonds is 3. The molecule has 1 amide bonds. The van der Waals surface area contributed by atoms with Gasteiger partial charge in [0.05, 0.1) is 0 Å². The number of benzene rings is 2. The first-order valence-corrected chi connectivity index (χ1v) is 10.3. The lowest BCUT2D eigenvalue weighted by Crippen LogP contribution is -2.41. The average molecular weight is 389 g/mol. The normalized spacial score (nSPS) is 15.5. The van der Waals surface area contributed by atoms with E-state index in [4.69, 9.17) is 4.74 Å². The van der Waals surface area contributed by atoms with Crippen LogP contribution in [0.2, 0.25) is 0 Å². The highest BCUT2D eigenvalue weighted by atomic mass is 16.5. The molecule has 1 fully saturated rings. The number of piperidine rings is 1. The predicted molar refractivity (Wildman–Crippen MR) is 116 cm³/mol. The summed E-state index contributed by atoms with van der Waals surface area (Å²) in [5.41, 5.74) is 2.99. The van der Waals surface area contributed by atoms with Crippen molar-refractivity contribution >= 4 is 16.8 Å². The van der Waals surface area contributed by atoms with E-state index >= 15 is 0 Å². The number of hydrogen-bond donors (Lipinski definition) is 0. The molecule has 2 aromatic carbocycles. The Hall–Kier alpha value is -2.88. The molecule has 0 spiro atoms. The number of carbonyl (C=O) groups excluding carboxylic acids is 1. The molecule has 0 atom stereocenters. The van der Waals surface area contributed by atoms with Gasteiger partial charge in [0.15, 0.2) is 0 Å². The van der Waals surface area contributed by atoms with Gasteiger partial charge in [-0.2, -0.15) is 0 Å². The number of amides is 1. The highest BCUT2D eigenvalue weighted by molar-refractivity contribution is 5.94. The lowest BCUT2D eigenvalue weighted by atomic mass is 9.86. The minimum atomic E-state index is 0.0910. The molecule has 4 rings (SSSR count). The standard InChI is InChI=1S/C25H28N2O2/c1-25(2,3)20-11-9-19(10-12-20)24(28)27-16-13-21(14-17-27)29-22-8-4-6-18-7-5-15-26-23(18)22/h4-12,15,21H,13-14,16-17H2,1-3H3. The molecular formula is C25H28N2O2. The van der Waals surface area contributed by atoms with Crippen molar-refractivity contribution < 1.29 is 9.53 Å². The van der Waals surface area contributed by atoms with Gasteiger partial charge in [-0.25, -0.2) is 0 Å². The van der Waals surface area contributed by atoms with Gasteiger partial charge in [-0.1, -0.05) is 51.1 Å². The van der Waals surface area contributed by atoms with Gasteiger partial charge in [-0.15, -0.1) is 0 Å². The number of para-hydroxylation sites is 1. The number of hydrogen-bond acceptors (Lipinski definition) is 3. The molecule has 29 heavy (non-hydrogen) atoms. The Morgan fingerprint density at radius 1 is 1.00 bits per heavy atom. The van der Waals surface area contributed by atoms with E-state index in [9.17, 15) is 4.79 Å². The Morgan fingerprint density at radius 3 is 2.38 bits per heavy atom. The van der Waals surface area contributed by atoms with E-state index < -0.39 is 0 Å². The van der Waals surface area contributed by atoms with Crippen LogP contribution >= 0.6 is 0 Å². The minimum Gasteiger partial charge on any atom is -0.488 e. The Kier molecular flexibility index (Phi) is 5.27. The lowest BCUT2D eigenvalue weighted by molar-refractivity contribution is 0.0597. The second-order valence-electron chi connectivity index (χ2n) is 8.77. The molecule has 0 unspecified atom stereocenters. The second kappa shape index (κ2) is 7.86. The van der Waals surface area contributed by atoms with Gasteiger partial charge < -0.3 is 9.64 Å². The maximum absolute atomic E-state index is 12.9. The van der Waals surface area contributed by atoms with Crippen LogP contribution < -0.4 is 4.74 Å². The first-order chi connectivity index (χ1) is 13.9. The van der Waals surface area contributed by atoms with Crippen molar-refractivity contribution in [3.05, 3.63) is 71.9 Å². The molecule has 0 saturated carbocycles. The van der Waals surface area contributed by atoms with E-state index in [0.717, 1.165) is 35.1 Å². The average Bonchev–Trinajstić information content (AvgIpc) is 2.73. The molecule has 1 aromatic heterocycles. The number of pyridine rings is 1. The molecule has 0 aliphatic carbocycles. The number of ether oxygens (including phenoxy) is 1. The van der Waals surface area contributed by atoms with Crippen LogP contribution in [0.3, 0.4) is 0 Å². The monoisotopic (exact) mass is 388 g/mol. The van der Waals surface area contributed by atoms with Crippen molar-refractivity contribution in [3.8, 4) is 5.75 Å². The smallest absolute Gasteiger partial charge is 0.253 e. The van der Waals surface area contributed by atoms with Gasteiger partial charge in [-0.05, 0) is 35.2 Å². The minimum absolute atomic E-state index is 0.0910. The summed E-state index contributed by atoms with van der Waals surface area (Å²) in [4.78, 5) is 19.3. The Bertz CT molecular complexity index is 992. The lowest BCUT2D eigenvalue weighted by Gasteiger charge is -2.32. The quantitative estimate of drug-likeness (QED) is 0.618. The third-order valence-electron chi connectivity index (χ3n) is 5.62. The van der Waals surface area contributed by atoms with E-state index in [0.29, 0.717) is 13.1 Å². The van der Waals surface area contributed by atoms with Gasteiger partial charge in [0.1, 0.15) is 17.4 Å². The van der Waals surface area contributed by atoms with E-state index in [1.165, 1.54) is 5.56 Å². The highest BCUT2D eigenvalue weighted by Gasteiger charge is 2.25. The number of likely N-dealkylation sites (tertiary alicyclic amines) is 1. The van der Waals surface area contributed by atoms with E-state index in [1.807, 2.05) is 47.4 Å². The molecule has 0 radical (unpaired) electrons. The molecule has 4 heteroatoms. The first-order valence-electron chi connectivity index (χ1n) is 10.3. The number of fused-ring (bicyclic) bond motifs is 1. The first kappa shape index (κ1) is 19.4. The van der Waals surface area contributed by atoms with Crippen molar-refractivity contribution in [2.24, 2.45) is 0 Å². The van der Waals surface area contributed by atoms with Crippen LogP contribution in [0.1, 0.15) is 49.5 Å². The highest BCUT2D eigenvalue weighted by Crippen LogP contribution is 2.27. The zero-order valence-corrected chi connectivity index (χ0v) is 17.4. The largest absolute Gasteiger partial charge is 0.488 e. The number of aromatic nitrogens is 1. The Labute approximate surface area is 172 Å².